The summed E-state index contributed by atoms with van der Waals surface area (Å²) in [5, 5.41) is 2.95. The number of nitrogen functional groups attached to an aromatic ring is 1. The lowest BCUT2D eigenvalue weighted by Crippen LogP contribution is -2.28. The highest BCUT2D eigenvalue weighted by Crippen LogP contribution is 2.12. The molecule has 1 atom stereocenters. The second-order valence-corrected chi connectivity index (χ2v) is 3.49. The zero-order valence-corrected chi connectivity index (χ0v) is 9.78. The Labute approximate surface area is 95.0 Å². The Morgan fingerprint density at radius 3 is 2.88 bits per heavy atom. The fraction of sp³-hybridized carbons (Fsp3) is 0.455. The summed E-state index contributed by atoms with van der Waals surface area (Å²) in [6.45, 7) is 5.69. The second kappa shape index (κ2) is 5.34. The number of aromatic nitrogens is 1. The van der Waals surface area contributed by atoms with Crippen molar-refractivity contribution >= 4 is 17.5 Å². The third-order valence-electron chi connectivity index (χ3n) is 2.13. The topological polar surface area (TPSA) is 77.2 Å². The van der Waals surface area contributed by atoms with Crippen molar-refractivity contribution < 1.29 is 9.53 Å². The maximum absolute atomic E-state index is 11.4. The third-order valence-corrected chi connectivity index (χ3v) is 2.13. The van der Waals surface area contributed by atoms with Crippen LogP contribution in [0.2, 0.25) is 0 Å². The average molecular weight is 223 g/mol. The molecule has 0 aliphatic heterocycles. The van der Waals surface area contributed by atoms with E-state index >= 15 is 0 Å². The molecule has 1 aromatic rings. The maximum atomic E-state index is 11.4. The zero-order valence-electron chi connectivity index (χ0n) is 9.78. The van der Waals surface area contributed by atoms with Gasteiger partial charge in [-0.15, -0.1) is 0 Å². The molecule has 0 aliphatic carbocycles. The van der Waals surface area contributed by atoms with Gasteiger partial charge in [-0.05, 0) is 32.9 Å². The molecule has 1 heterocycles. The highest BCUT2D eigenvalue weighted by molar-refractivity contribution is 5.78. The second-order valence-electron chi connectivity index (χ2n) is 3.49. The average Bonchev–Trinajstić information content (AvgIpc) is 2.24. The van der Waals surface area contributed by atoms with Gasteiger partial charge < -0.3 is 15.8 Å². The van der Waals surface area contributed by atoms with Gasteiger partial charge in [0.1, 0.15) is 11.9 Å². The predicted molar refractivity (Wildman–Crippen MR) is 63.1 cm³/mol. The molecule has 5 heteroatoms. The van der Waals surface area contributed by atoms with Crippen LogP contribution in [-0.4, -0.2) is 23.6 Å². The molecule has 88 valence electrons. The van der Waals surface area contributed by atoms with Gasteiger partial charge in [-0.1, -0.05) is 0 Å². The van der Waals surface area contributed by atoms with Crippen LogP contribution in [0.5, 0.6) is 0 Å². The number of hydrogen-bond donors (Lipinski definition) is 2. The standard InChI is InChI=1S/C11H17N3O2/c1-4-16-11(15)8(3)14-10-6-5-9(12)7(2)13-10/h5-6,8H,4,12H2,1-3H3,(H,13,14). The van der Waals surface area contributed by atoms with Crippen molar-refractivity contribution in [1.29, 1.82) is 0 Å². The van der Waals surface area contributed by atoms with Crippen LogP contribution < -0.4 is 11.1 Å². The fourth-order valence-corrected chi connectivity index (χ4v) is 1.20. The molecule has 0 aliphatic rings. The van der Waals surface area contributed by atoms with Crippen molar-refractivity contribution in [2.24, 2.45) is 0 Å². The van der Waals surface area contributed by atoms with Gasteiger partial charge in [-0.2, -0.15) is 0 Å². The lowest BCUT2D eigenvalue weighted by atomic mass is 10.3. The summed E-state index contributed by atoms with van der Waals surface area (Å²) < 4.78 is 4.88. The Bertz CT molecular complexity index is 379. The van der Waals surface area contributed by atoms with Crippen molar-refractivity contribution in [1.82, 2.24) is 4.98 Å². The summed E-state index contributed by atoms with van der Waals surface area (Å²) in [4.78, 5) is 15.6. The highest BCUT2D eigenvalue weighted by Gasteiger charge is 2.13. The van der Waals surface area contributed by atoms with Gasteiger partial charge in [0, 0.05) is 0 Å². The Kier molecular flexibility index (Phi) is 4.10. The van der Waals surface area contributed by atoms with Crippen LogP contribution in [0, 0.1) is 6.92 Å². The van der Waals surface area contributed by atoms with E-state index in [1.165, 1.54) is 0 Å². The molecule has 16 heavy (non-hydrogen) atoms. The van der Waals surface area contributed by atoms with E-state index in [0.29, 0.717) is 18.1 Å². The number of ether oxygens (including phenoxy) is 1. The quantitative estimate of drug-likeness (QED) is 0.753. The molecule has 1 aromatic heterocycles. The Hall–Kier alpha value is -1.78. The summed E-state index contributed by atoms with van der Waals surface area (Å²) >= 11 is 0. The first-order valence-corrected chi connectivity index (χ1v) is 5.21. The molecule has 3 N–H and O–H groups in total. The fourth-order valence-electron chi connectivity index (χ4n) is 1.20. The minimum absolute atomic E-state index is 0.293. The molecular formula is C11H17N3O2. The van der Waals surface area contributed by atoms with E-state index in [0.717, 1.165) is 5.69 Å². The molecule has 5 nitrogen and oxygen atoms in total. The van der Waals surface area contributed by atoms with Gasteiger partial charge in [0.25, 0.3) is 0 Å². The summed E-state index contributed by atoms with van der Waals surface area (Å²) in [5.74, 6) is 0.325. The molecule has 1 rings (SSSR count). The number of carbonyl (C=O) groups is 1. The number of anilines is 2. The van der Waals surface area contributed by atoms with Crippen molar-refractivity contribution in [3.05, 3.63) is 17.8 Å². The van der Waals surface area contributed by atoms with Gasteiger partial charge in [0.05, 0.1) is 18.0 Å². The zero-order chi connectivity index (χ0) is 12.1. The summed E-state index contributed by atoms with van der Waals surface area (Å²) in [6.07, 6.45) is 0. The Morgan fingerprint density at radius 2 is 2.31 bits per heavy atom. The molecule has 0 radical (unpaired) electrons. The SMILES string of the molecule is CCOC(=O)C(C)Nc1ccc(N)c(C)n1. The van der Waals surface area contributed by atoms with Crippen LogP contribution >= 0.6 is 0 Å². The number of nitrogens with zero attached hydrogens (tertiary/aromatic N) is 1. The third kappa shape index (κ3) is 3.12. The van der Waals surface area contributed by atoms with Gasteiger partial charge in [-0.25, -0.2) is 9.78 Å². The number of rotatable bonds is 4. The summed E-state index contributed by atoms with van der Waals surface area (Å²) in [5.41, 5.74) is 7.02. The molecule has 0 amide bonds. The van der Waals surface area contributed by atoms with Crippen molar-refractivity contribution in [3.63, 3.8) is 0 Å². The van der Waals surface area contributed by atoms with Crippen molar-refractivity contribution in [2.75, 3.05) is 17.7 Å². The van der Waals surface area contributed by atoms with E-state index < -0.39 is 6.04 Å². The smallest absolute Gasteiger partial charge is 0.328 e. The van der Waals surface area contributed by atoms with E-state index in [1.54, 1.807) is 26.0 Å². The lowest BCUT2D eigenvalue weighted by Gasteiger charge is -2.13. The van der Waals surface area contributed by atoms with Gasteiger partial charge in [-0.3, -0.25) is 0 Å². The van der Waals surface area contributed by atoms with E-state index in [4.69, 9.17) is 10.5 Å². The number of carbonyl (C=O) groups excluding carboxylic acids is 1. The van der Waals surface area contributed by atoms with Crippen molar-refractivity contribution in [2.45, 2.75) is 26.8 Å². The molecule has 1 unspecified atom stereocenters. The maximum Gasteiger partial charge on any atom is 0.328 e. The van der Waals surface area contributed by atoms with Gasteiger partial charge in [0.2, 0.25) is 0 Å². The highest BCUT2D eigenvalue weighted by atomic mass is 16.5. The van der Waals surface area contributed by atoms with Crippen LogP contribution in [0.3, 0.4) is 0 Å². The van der Waals surface area contributed by atoms with Crippen LogP contribution in [-0.2, 0) is 9.53 Å². The van der Waals surface area contributed by atoms with Crippen LogP contribution in [0.1, 0.15) is 19.5 Å². The number of nitrogens with two attached hydrogens (primary N) is 1. The molecule has 0 fully saturated rings. The number of pyridine rings is 1. The molecule has 0 aromatic carbocycles. The largest absolute Gasteiger partial charge is 0.464 e. The minimum atomic E-state index is -0.421. The first-order chi connectivity index (χ1) is 7.54. The number of nitrogens with one attached hydrogen (secondary N) is 1. The first-order valence-electron chi connectivity index (χ1n) is 5.21. The van der Waals surface area contributed by atoms with Crippen LogP contribution in [0.4, 0.5) is 11.5 Å². The van der Waals surface area contributed by atoms with Crippen LogP contribution in [0.25, 0.3) is 0 Å². The Balaban J connectivity index is 2.66. The Morgan fingerprint density at radius 1 is 1.62 bits per heavy atom. The first kappa shape index (κ1) is 12.3. The molecule has 0 saturated carbocycles. The molecule has 0 spiro atoms. The summed E-state index contributed by atoms with van der Waals surface area (Å²) in [7, 11) is 0. The van der Waals surface area contributed by atoms with E-state index in [1.807, 2.05) is 6.92 Å². The number of esters is 1. The summed E-state index contributed by atoms with van der Waals surface area (Å²) in [6, 6.07) is 3.07. The predicted octanol–water partition coefficient (Wildman–Crippen LogP) is 1.34. The molecular weight excluding hydrogens is 206 g/mol. The molecule has 0 saturated heterocycles. The van der Waals surface area contributed by atoms with E-state index in [-0.39, 0.29) is 5.97 Å². The van der Waals surface area contributed by atoms with Crippen molar-refractivity contribution in [3.8, 4) is 0 Å². The van der Waals surface area contributed by atoms with Crippen LogP contribution in [0.15, 0.2) is 12.1 Å². The monoisotopic (exact) mass is 223 g/mol. The van der Waals surface area contributed by atoms with E-state index in [9.17, 15) is 4.79 Å². The number of aryl methyl sites for hydroxylation is 1. The normalized spacial score (nSPS) is 11.9. The number of hydrogen-bond acceptors (Lipinski definition) is 5. The molecule has 0 bridgehead atoms. The van der Waals surface area contributed by atoms with E-state index in [2.05, 4.69) is 10.3 Å². The van der Waals surface area contributed by atoms with Gasteiger partial charge >= 0.3 is 5.97 Å². The lowest BCUT2D eigenvalue weighted by molar-refractivity contribution is -0.143. The minimum Gasteiger partial charge on any atom is -0.464 e. The van der Waals surface area contributed by atoms with Gasteiger partial charge in [0.15, 0.2) is 0 Å².